The second-order valence-corrected chi connectivity index (χ2v) is 5.66. The molecule has 0 unspecified atom stereocenters. The molecule has 3 N–H and O–H groups in total. The third-order valence-electron chi connectivity index (χ3n) is 4.32. The van der Waals surface area contributed by atoms with Crippen LogP contribution in [0.1, 0.15) is 13.8 Å². The molecule has 2 heterocycles. The molecule has 0 aromatic heterocycles. The fraction of sp³-hybridized carbons (Fsp3) is 0.923. The number of nitrogens with one attached hydrogen (secondary N) is 2. The topological polar surface area (TPSA) is 67.8 Å². The van der Waals surface area contributed by atoms with Crippen molar-refractivity contribution in [2.24, 2.45) is 5.92 Å². The predicted octanol–water partition coefficient (Wildman–Crippen LogP) is -0.766. The molecule has 2 saturated heterocycles. The van der Waals surface area contributed by atoms with Gasteiger partial charge in [-0.2, -0.15) is 0 Å². The number of carboxylic acid groups (broad SMARTS) is 1. The van der Waals surface area contributed by atoms with Crippen molar-refractivity contribution < 1.29 is 9.90 Å². The fourth-order valence-corrected chi connectivity index (χ4v) is 3.46. The minimum absolute atomic E-state index is 0.0567. The summed E-state index contributed by atoms with van der Waals surface area (Å²) in [5.74, 6) is -0.646. The smallest absolute Gasteiger partial charge is 0.339 e. The molecule has 6 nitrogen and oxygen atoms in total. The summed E-state index contributed by atoms with van der Waals surface area (Å²) < 4.78 is 0. The van der Waals surface area contributed by atoms with Crippen molar-refractivity contribution in [1.82, 2.24) is 20.4 Å². The molecule has 0 bridgehead atoms. The highest BCUT2D eigenvalue weighted by molar-refractivity contribution is 5.78. The summed E-state index contributed by atoms with van der Waals surface area (Å²) in [6.07, 6.45) is 0. The van der Waals surface area contributed by atoms with Crippen LogP contribution in [0.15, 0.2) is 0 Å². The molecular formula is C13H26N4O2. The van der Waals surface area contributed by atoms with E-state index in [0.29, 0.717) is 0 Å². The minimum Gasteiger partial charge on any atom is -0.479 e. The van der Waals surface area contributed by atoms with Crippen molar-refractivity contribution in [2.75, 3.05) is 52.4 Å². The van der Waals surface area contributed by atoms with Crippen molar-refractivity contribution >= 4 is 5.97 Å². The maximum absolute atomic E-state index is 12.1. The maximum atomic E-state index is 12.1. The van der Waals surface area contributed by atoms with Gasteiger partial charge in [-0.1, -0.05) is 13.8 Å². The Kier molecular flexibility index (Phi) is 4.78. The first-order valence-electron chi connectivity index (χ1n) is 7.25. The number of nitrogens with zero attached hydrogens (tertiary/aromatic N) is 2. The van der Waals surface area contributed by atoms with Crippen LogP contribution in [-0.2, 0) is 4.79 Å². The van der Waals surface area contributed by atoms with Gasteiger partial charge in [-0.3, -0.25) is 9.80 Å². The molecule has 6 heteroatoms. The van der Waals surface area contributed by atoms with Gasteiger partial charge in [0.15, 0.2) is 5.66 Å². The molecule has 0 aromatic carbocycles. The van der Waals surface area contributed by atoms with Gasteiger partial charge in [-0.15, -0.1) is 0 Å². The largest absolute Gasteiger partial charge is 0.479 e. The van der Waals surface area contributed by atoms with Crippen molar-refractivity contribution in [3.8, 4) is 0 Å². The van der Waals surface area contributed by atoms with Gasteiger partial charge < -0.3 is 15.7 Å². The highest BCUT2D eigenvalue weighted by Crippen LogP contribution is 2.30. The van der Waals surface area contributed by atoms with Crippen LogP contribution >= 0.6 is 0 Å². The molecule has 110 valence electrons. The van der Waals surface area contributed by atoms with E-state index in [-0.39, 0.29) is 5.92 Å². The summed E-state index contributed by atoms with van der Waals surface area (Å²) in [7, 11) is 0. The number of rotatable bonds is 4. The lowest BCUT2D eigenvalue weighted by Crippen LogP contribution is -2.73. The van der Waals surface area contributed by atoms with Gasteiger partial charge in [-0.25, -0.2) is 4.79 Å². The van der Waals surface area contributed by atoms with Crippen LogP contribution in [0.3, 0.4) is 0 Å². The first-order chi connectivity index (χ1) is 9.10. The summed E-state index contributed by atoms with van der Waals surface area (Å²) in [5.41, 5.74) is -0.857. The molecule has 0 spiro atoms. The Bertz CT molecular complexity index is 292. The second kappa shape index (κ2) is 6.17. The van der Waals surface area contributed by atoms with E-state index in [2.05, 4.69) is 20.4 Å². The Morgan fingerprint density at radius 2 is 1.37 bits per heavy atom. The number of hydrogen-bond acceptors (Lipinski definition) is 5. The van der Waals surface area contributed by atoms with E-state index in [9.17, 15) is 9.90 Å². The van der Waals surface area contributed by atoms with Gasteiger partial charge in [0.2, 0.25) is 0 Å². The zero-order chi connectivity index (χ0) is 13.9. The summed E-state index contributed by atoms with van der Waals surface area (Å²) >= 11 is 0. The highest BCUT2D eigenvalue weighted by Gasteiger charge is 2.52. The third kappa shape index (κ3) is 2.63. The molecule has 2 rings (SSSR count). The zero-order valence-corrected chi connectivity index (χ0v) is 12.0. The Labute approximate surface area is 115 Å². The van der Waals surface area contributed by atoms with Crippen molar-refractivity contribution in [3.63, 3.8) is 0 Å². The molecule has 2 aliphatic heterocycles. The second-order valence-electron chi connectivity index (χ2n) is 5.66. The lowest BCUT2D eigenvalue weighted by Gasteiger charge is -2.52. The van der Waals surface area contributed by atoms with Gasteiger partial charge in [0.05, 0.1) is 0 Å². The molecule has 0 aliphatic carbocycles. The fourth-order valence-electron chi connectivity index (χ4n) is 3.46. The van der Waals surface area contributed by atoms with Gasteiger partial charge in [0.25, 0.3) is 0 Å². The molecular weight excluding hydrogens is 244 g/mol. The maximum Gasteiger partial charge on any atom is 0.339 e. The average molecular weight is 270 g/mol. The first kappa shape index (κ1) is 14.7. The molecule has 0 atom stereocenters. The van der Waals surface area contributed by atoms with Gasteiger partial charge in [0, 0.05) is 52.4 Å². The van der Waals surface area contributed by atoms with Gasteiger partial charge in [0.1, 0.15) is 0 Å². The standard InChI is InChI=1S/C13H26N4O2/c1-11(2)13(12(18)19,16-7-3-14-4-8-16)17-9-5-15-6-10-17/h11,14-15H,3-10H2,1-2H3,(H,18,19). The average Bonchev–Trinajstić information content (AvgIpc) is 2.41. The van der Waals surface area contributed by atoms with Crippen LogP contribution in [-0.4, -0.2) is 78.9 Å². The lowest BCUT2D eigenvalue weighted by molar-refractivity contribution is -0.179. The number of carboxylic acids is 1. The molecule has 0 radical (unpaired) electrons. The van der Waals surface area contributed by atoms with Crippen molar-refractivity contribution in [3.05, 3.63) is 0 Å². The van der Waals surface area contributed by atoms with Crippen LogP contribution < -0.4 is 10.6 Å². The predicted molar refractivity (Wildman–Crippen MR) is 74.1 cm³/mol. The lowest BCUT2D eigenvalue weighted by atomic mass is 9.90. The number of carbonyl (C=O) groups is 1. The van der Waals surface area contributed by atoms with E-state index in [0.717, 1.165) is 52.4 Å². The summed E-state index contributed by atoms with van der Waals surface area (Å²) in [6.45, 7) is 10.7. The van der Waals surface area contributed by atoms with Crippen molar-refractivity contribution in [1.29, 1.82) is 0 Å². The van der Waals surface area contributed by atoms with E-state index in [1.165, 1.54) is 0 Å². The summed E-state index contributed by atoms with van der Waals surface area (Å²) in [4.78, 5) is 16.4. The first-order valence-corrected chi connectivity index (χ1v) is 7.25. The highest BCUT2D eigenvalue weighted by atomic mass is 16.4. The molecule has 2 aliphatic rings. The van der Waals surface area contributed by atoms with Gasteiger partial charge in [-0.05, 0) is 5.92 Å². The van der Waals surface area contributed by atoms with Crippen LogP contribution in [0.25, 0.3) is 0 Å². The Balaban J connectivity index is 2.30. The van der Waals surface area contributed by atoms with Crippen molar-refractivity contribution in [2.45, 2.75) is 19.5 Å². The van der Waals surface area contributed by atoms with Crippen LogP contribution in [0.5, 0.6) is 0 Å². The number of hydrogen-bond donors (Lipinski definition) is 3. The Morgan fingerprint density at radius 3 is 1.63 bits per heavy atom. The van der Waals surface area contributed by atoms with Crippen LogP contribution in [0.4, 0.5) is 0 Å². The zero-order valence-electron chi connectivity index (χ0n) is 12.0. The minimum atomic E-state index is -0.857. The number of piperazine rings is 2. The molecule has 0 aromatic rings. The quantitative estimate of drug-likeness (QED) is 0.624. The van der Waals surface area contributed by atoms with E-state index >= 15 is 0 Å². The molecule has 0 saturated carbocycles. The summed E-state index contributed by atoms with van der Waals surface area (Å²) in [5, 5.41) is 16.6. The SMILES string of the molecule is CC(C)C(C(=O)O)(N1CCNCC1)N1CCNCC1. The Morgan fingerprint density at radius 1 is 1.00 bits per heavy atom. The van der Waals surface area contributed by atoms with E-state index in [1.54, 1.807) is 0 Å². The number of aliphatic carboxylic acids is 1. The normalized spacial score (nSPS) is 23.7. The summed E-state index contributed by atoms with van der Waals surface area (Å²) in [6, 6.07) is 0. The van der Waals surface area contributed by atoms with Crippen LogP contribution in [0.2, 0.25) is 0 Å². The molecule has 2 fully saturated rings. The monoisotopic (exact) mass is 270 g/mol. The Hall–Kier alpha value is -0.690. The molecule has 0 amide bonds. The van der Waals surface area contributed by atoms with E-state index in [4.69, 9.17) is 0 Å². The van der Waals surface area contributed by atoms with E-state index in [1.807, 2.05) is 13.8 Å². The van der Waals surface area contributed by atoms with Gasteiger partial charge >= 0.3 is 5.97 Å². The van der Waals surface area contributed by atoms with E-state index < -0.39 is 11.6 Å². The van der Waals surface area contributed by atoms with Crippen LogP contribution in [0, 0.1) is 5.92 Å². The third-order valence-corrected chi connectivity index (χ3v) is 4.32. The molecule has 19 heavy (non-hydrogen) atoms.